The summed E-state index contributed by atoms with van der Waals surface area (Å²) in [7, 11) is 0. The number of nitrogens with one attached hydrogen (secondary N) is 1. The van der Waals surface area contributed by atoms with Gasteiger partial charge in [0.05, 0.1) is 12.0 Å². The first-order valence-electron chi connectivity index (χ1n) is 8.00. The van der Waals surface area contributed by atoms with Crippen molar-refractivity contribution in [2.24, 2.45) is 11.3 Å². The molecule has 5 heteroatoms. The van der Waals surface area contributed by atoms with E-state index in [0.29, 0.717) is 19.5 Å². The minimum Gasteiger partial charge on any atom is -0.391 e. The van der Waals surface area contributed by atoms with Gasteiger partial charge in [-0.3, -0.25) is 9.59 Å². The second-order valence-electron chi connectivity index (χ2n) is 7.03. The molecule has 0 saturated carbocycles. The van der Waals surface area contributed by atoms with Gasteiger partial charge in [-0.2, -0.15) is 0 Å². The standard InChI is InChI=1S/C16H30N2O3/c1-5-7-13(19)10-17-14(20)12-8-6-9-18(11-12)15(21)16(2,3)4/h12-13,19H,5-11H2,1-4H3,(H,17,20). The molecule has 1 heterocycles. The Labute approximate surface area is 128 Å². The normalized spacial score (nSPS) is 21.0. The first-order chi connectivity index (χ1) is 9.75. The molecule has 2 N–H and O–H groups in total. The number of carbonyl (C=O) groups is 2. The van der Waals surface area contributed by atoms with Crippen molar-refractivity contribution in [3.8, 4) is 0 Å². The fourth-order valence-corrected chi connectivity index (χ4v) is 2.65. The van der Waals surface area contributed by atoms with Crippen LogP contribution in [0.1, 0.15) is 53.4 Å². The predicted molar refractivity (Wildman–Crippen MR) is 82.7 cm³/mol. The fraction of sp³-hybridized carbons (Fsp3) is 0.875. The summed E-state index contributed by atoms with van der Waals surface area (Å²) in [6.07, 6.45) is 2.78. The van der Waals surface area contributed by atoms with E-state index >= 15 is 0 Å². The molecule has 1 fully saturated rings. The van der Waals surface area contributed by atoms with Crippen molar-refractivity contribution in [2.75, 3.05) is 19.6 Å². The Morgan fingerprint density at radius 1 is 1.38 bits per heavy atom. The van der Waals surface area contributed by atoms with Crippen LogP contribution >= 0.6 is 0 Å². The number of hydrogen-bond donors (Lipinski definition) is 2. The summed E-state index contributed by atoms with van der Waals surface area (Å²) in [5, 5.41) is 12.5. The molecule has 2 atom stereocenters. The van der Waals surface area contributed by atoms with Gasteiger partial charge in [0.2, 0.25) is 11.8 Å². The molecule has 0 aliphatic carbocycles. The zero-order chi connectivity index (χ0) is 16.0. The molecule has 2 amide bonds. The molecular formula is C16H30N2O3. The Bertz CT molecular complexity index is 363. The quantitative estimate of drug-likeness (QED) is 0.809. The van der Waals surface area contributed by atoms with Gasteiger partial charge in [-0.05, 0) is 19.3 Å². The number of piperidine rings is 1. The minimum atomic E-state index is -0.477. The van der Waals surface area contributed by atoms with Gasteiger partial charge < -0.3 is 15.3 Å². The average molecular weight is 298 g/mol. The monoisotopic (exact) mass is 298 g/mol. The molecule has 1 saturated heterocycles. The van der Waals surface area contributed by atoms with Crippen molar-refractivity contribution >= 4 is 11.8 Å². The molecule has 0 radical (unpaired) electrons. The van der Waals surface area contributed by atoms with Gasteiger partial charge in [0, 0.05) is 25.0 Å². The third-order valence-electron chi connectivity index (χ3n) is 3.85. The van der Waals surface area contributed by atoms with Crippen LogP contribution in [0.15, 0.2) is 0 Å². The molecule has 0 aromatic carbocycles. The maximum Gasteiger partial charge on any atom is 0.227 e. The van der Waals surface area contributed by atoms with Gasteiger partial charge in [-0.25, -0.2) is 0 Å². The molecule has 0 bridgehead atoms. The third kappa shape index (κ3) is 5.65. The zero-order valence-electron chi connectivity index (χ0n) is 13.8. The molecular weight excluding hydrogens is 268 g/mol. The maximum absolute atomic E-state index is 12.3. The molecule has 5 nitrogen and oxygen atoms in total. The summed E-state index contributed by atoms with van der Waals surface area (Å²) in [6.45, 7) is 9.24. The van der Waals surface area contributed by atoms with Crippen molar-refractivity contribution in [3.63, 3.8) is 0 Å². The highest BCUT2D eigenvalue weighted by molar-refractivity contribution is 5.83. The molecule has 1 aliphatic rings. The Kier molecular flexibility index (Phi) is 6.65. The van der Waals surface area contributed by atoms with Crippen molar-refractivity contribution < 1.29 is 14.7 Å². The van der Waals surface area contributed by atoms with Crippen LogP contribution in [0.25, 0.3) is 0 Å². The van der Waals surface area contributed by atoms with Crippen LogP contribution in [-0.4, -0.2) is 47.6 Å². The first kappa shape index (κ1) is 18.0. The van der Waals surface area contributed by atoms with Gasteiger partial charge in [-0.15, -0.1) is 0 Å². The van der Waals surface area contributed by atoms with E-state index in [1.54, 1.807) is 4.90 Å². The SMILES string of the molecule is CCCC(O)CNC(=O)C1CCCN(C(=O)C(C)(C)C)C1. The summed E-state index contributed by atoms with van der Waals surface area (Å²) in [5.41, 5.74) is -0.407. The lowest BCUT2D eigenvalue weighted by atomic mass is 9.91. The first-order valence-corrected chi connectivity index (χ1v) is 8.00. The second kappa shape index (κ2) is 7.78. The van der Waals surface area contributed by atoms with Gasteiger partial charge in [0.1, 0.15) is 0 Å². The van der Waals surface area contributed by atoms with Gasteiger partial charge in [0.15, 0.2) is 0 Å². The van der Waals surface area contributed by atoms with Crippen molar-refractivity contribution in [2.45, 2.75) is 59.5 Å². The Morgan fingerprint density at radius 3 is 2.62 bits per heavy atom. The number of likely N-dealkylation sites (tertiary alicyclic amines) is 1. The highest BCUT2D eigenvalue weighted by atomic mass is 16.3. The molecule has 0 aromatic heterocycles. The summed E-state index contributed by atoms with van der Waals surface area (Å²) >= 11 is 0. The summed E-state index contributed by atoms with van der Waals surface area (Å²) in [5.74, 6) is -0.0959. The maximum atomic E-state index is 12.3. The lowest BCUT2D eigenvalue weighted by Crippen LogP contribution is -2.49. The molecule has 2 unspecified atom stereocenters. The largest absolute Gasteiger partial charge is 0.391 e. The van der Waals surface area contributed by atoms with E-state index in [4.69, 9.17) is 0 Å². The fourth-order valence-electron chi connectivity index (χ4n) is 2.65. The molecule has 1 rings (SSSR count). The molecule has 122 valence electrons. The number of aliphatic hydroxyl groups excluding tert-OH is 1. The van der Waals surface area contributed by atoms with Crippen LogP contribution in [0.4, 0.5) is 0 Å². The number of carbonyl (C=O) groups excluding carboxylic acids is 2. The average Bonchev–Trinajstić information content (AvgIpc) is 2.43. The van der Waals surface area contributed by atoms with Crippen molar-refractivity contribution in [3.05, 3.63) is 0 Å². The molecule has 21 heavy (non-hydrogen) atoms. The van der Waals surface area contributed by atoms with Gasteiger partial charge in [-0.1, -0.05) is 34.1 Å². The second-order valence-corrected chi connectivity index (χ2v) is 7.03. The smallest absolute Gasteiger partial charge is 0.227 e. The molecule has 0 spiro atoms. The van der Waals surface area contributed by atoms with Gasteiger partial charge >= 0.3 is 0 Å². The van der Waals surface area contributed by atoms with Crippen LogP contribution in [0.3, 0.4) is 0 Å². The lowest BCUT2D eigenvalue weighted by molar-refractivity contribution is -0.142. The molecule has 0 aromatic rings. The number of rotatable bonds is 5. The van der Waals surface area contributed by atoms with Crippen LogP contribution in [-0.2, 0) is 9.59 Å². The van der Waals surface area contributed by atoms with Crippen LogP contribution in [0, 0.1) is 11.3 Å². The summed E-state index contributed by atoms with van der Waals surface area (Å²) < 4.78 is 0. The number of amides is 2. The summed E-state index contributed by atoms with van der Waals surface area (Å²) in [6, 6.07) is 0. The van der Waals surface area contributed by atoms with E-state index in [1.165, 1.54) is 0 Å². The number of nitrogens with zero attached hydrogens (tertiary/aromatic N) is 1. The summed E-state index contributed by atoms with van der Waals surface area (Å²) in [4.78, 5) is 26.3. The lowest BCUT2D eigenvalue weighted by Gasteiger charge is -2.36. The molecule has 1 aliphatic heterocycles. The highest BCUT2D eigenvalue weighted by Gasteiger charge is 2.33. The van der Waals surface area contributed by atoms with E-state index in [0.717, 1.165) is 25.8 Å². The predicted octanol–water partition coefficient (Wildman–Crippen LogP) is 1.55. The minimum absolute atomic E-state index is 0.0448. The Hall–Kier alpha value is -1.10. The van der Waals surface area contributed by atoms with Crippen molar-refractivity contribution in [1.82, 2.24) is 10.2 Å². The van der Waals surface area contributed by atoms with Crippen LogP contribution in [0.5, 0.6) is 0 Å². The number of hydrogen-bond acceptors (Lipinski definition) is 3. The highest BCUT2D eigenvalue weighted by Crippen LogP contribution is 2.23. The van der Waals surface area contributed by atoms with Crippen LogP contribution < -0.4 is 5.32 Å². The number of aliphatic hydroxyl groups is 1. The Morgan fingerprint density at radius 2 is 2.05 bits per heavy atom. The van der Waals surface area contributed by atoms with E-state index in [2.05, 4.69) is 5.32 Å². The Balaban J connectivity index is 2.48. The topological polar surface area (TPSA) is 69.6 Å². The van der Waals surface area contributed by atoms with E-state index in [-0.39, 0.29) is 17.7 Å². The van der Waals surface area contributed by atoms with Crippen LogP contribution in [0.2, 0.25) is 0 Å². The van der Waals surface area contributed by atoms with E-state index in [9.17, 15) is 14.7 Å². The van der Waals surface area contributed by atoms with Gasteiger partial charge in [0.25, 0.3) is 0 Å². The van der Waals surface area contributed by atoms with E-state index in [1.807, 2.05) is 27.7 Å². The third-order valence-corrected chi connectivity index (χ3v) is 3.85. The van der Waals surface area contributed by atoms with Crippen molar-refractivity contribution in [1.29, 1.82) is 0 Å². The zero-order valence-corrected chi connectivity index (χ0v) is 13.8. The van der Waals surface area contributed by atoms with E-state index < -0.39 is 11.5 Å².